The Kier molecular flexibility index (Phi) is 6.46. The van der Waals surface area contributed by atoms with Crippen LogP contribution in [0.5, 0.6) is 0 Å². The average molecular weight is 399 g/mol. The molecule has 0 radical (unpaired) electrons. The highest BCUT2D eigenvalue weighted by Gasteiger charge is 2.25. The van der Waals surface area contributed by atoms with Crippen LogP contribution in [0.2, 0.25) is 0 Å². The highest BCUT2D eigenvalue weighted by Crippen LogP contribution is 2.32. The van der Waals surface area contributed by atoms with Crippen molar-refractivity contribution in [2.75, 3.05) is 37.7 Å². The SMILES string of the molecule is CCOC1=CC(N2CCC(Cc3ccc(N4CCC(C)C4)cc3)CC2)=C(F)CC1. The molecule has 0 spiro atoms. The van der Waals surface area contributed by atoms with Crippen LogP contribution in [-0.4, -0.2) is 37.7 Å². The van der Waals surface area contributed by atoms with Gasteiger partial charge in [-0.15, -0.1) is 0 Å². The van der Waals surface area contributed by atoms with Gasteiger partial charge >= 0.3 is 0 Å². The Labute approximate surface area is 175 Å². The van der Waals surface area contributed by atoms with Crippen molar-refractivity contribution in [1.82, 2.24) is 4.90 Å². The number of hydrogen-bond acceptors (Lipinski definition) is 3. The predicted octanol–water partition coefficient (Wildman–Crippen LogP) is 5.68. The number of allylic oxidation sites excluding steroid dienone is 3. The van der Waals surface area contributed by atoms with Crippen molar-refractivity contribution in [2.24, 2.45) is 11.8 Å². The molecule has 1 aliphatic carbocycles. The van der Waals surface area contributed by atoms with Crippen LogP contribution in [0.4, 0.5) is 10.1 Å². The largest absolute Gasteiger partial charge is 0.498 e. The van der Waals surface area contributed by atoms with Gasteiger partial charge in [0.2, 0.25) is 0 Å². The van der Waals surface area contributed by atoms with E-state index in [-0.39, 0.29) is 5.83 Å². The summed E-state index contributed by atoms with van der Waals surface area (Å²) in [6, 6.07) is 9.21. The fraction of sp³-hybridized carbons (Fsp3) is 0.600. The van der Waals surface area contributed by atoms with Crippen LogP contribution >= 0.6 is 0 Å². The Bertz CT molecular complexity index is 743. The Morgan fingerprint density at radius 1 is 1.00 bits per heavy atom. The number of ether oxygens (including phenoxy) is 1. The fourth-order valence-electron chi connectivity index (χ4n) is 4.95. The molecular formula is C25H35FN2O. The third-order valence-corrected chi connectivity index (χ3v) is 6.70. The summed E-state index contributed by atoms with van der Waals surface area (Å²) in [5.74, 6) is 2.45. The van der Waals surface area contributed by atoms with Crippen LogP contribution in [0, 0.1) is 11.8 Å². The van der Waals surface area contributed by atoms with E-state index in [1.165, 1.54) is 30.8 Å². The van der Waals surface area contributed by atoms with Gasteiger partial charge in [-0.3, -0.25) is 0 Å². The summed E-state index contributed by atoms with van der Waals surface area (Å²) in [5.41, 5.74) is 3.56. The molecule has 1 aromatic rings. The van der Waals surface area contributed by atoms with E-state index < -0.39 is 0 Å². The number of piperidine rings is 1. The number of benzene rings is 1. The maximum Gasteiger partial charge on any atom is 0.124 e. The average Bonchev–Trinajstić information content (AvgIpc) is 3.17. The lowest BCUT2D eigenvalue weighted by Crippen LogP contribution is -2.34. The molecule has 1 unspecified atom stereocenters. The van der Waals surface area contributed by atoms with Gasteiger partial charge in [0.25, 0.3) is 0 Å². The number of nitrogens with zero attached hydrogens (tertiary/aromatic N) is 2. The summed E-state index contributed by atoms with van der Waals surface area (Å²) in [6.45, 7) is 9.22. The maximum atomic E-state index is 14.4. The Hall–Kier alpha value is -1.97. The lowest BCUT2D eigenvalue weighted by Gasteiger charge is -2.35. The minimum absolute atomic E-state index is 0.0266. The molecule has 2 aliphatic heterocycles. The summed E-state index contributed by atoms with van der Waals surface area (Å²) in [7, 11) is 0. The normalized spacial score (nSPS) is 23.6. The molecule has 3 nitrogen and oxygen atoms in total. The lowest BCUT2D eigenvalue weighted by atomic mass is 9.89. The minimum Gasteiger partial charge on any atom is -0.498 e. The second-order valence-electron chi connectivity index (χ2n) is 8.97. The van der Waals surface area contributed by atoms with Gasteiger partial charge in [-0.1, -0.05) is 19.1 Å². The van der Waals surface area contributed by atoms with E-state index >= 15 is 0 Å². The number of hydrogen-bond donors (Lipinski definition) is 0. The van der Waals surface area contributed by atoms with Crippen LogP contribution in [0.15, 0.2) is 47.6 Å². The molecule has 4 heteroatoms. The molecule has 0 amide bonds. The first-order valence-corrected chi connectivity index (χ1v) is 11.4. The van der Waals surface area contributed by atoms with Crippen molar-refractivity contribution in [1.29, 1.82) is 0 Å². The maximum absolute atomic E-state index is 14.4. The molecule has 158 valence electrons. The first-order chi connectivity index (χ1) is 14.1. The summed E-state index contributed by atoms with van der Waals surface area (Å²) >= 11 is 0. The second-order valence-corrected chi connectivity index (χ2v) is 8.97. The highest BCUT2D eigenvalue weighted by molar-refractivity contribution is 5.48. The Morgan fingerprint density at radius 3 is 2.38 bits per heavy atom. The van der Waals surface area contributed by atoms with Gasteiger partial charge in [0.05, 0.1) is 18.1 Å². The van der Waals surface area contributed by atoms with E-state index in [9.17, 15) is 4.39 Å². The van der Waals surface area contributed by atoms with Gasteiger partial charge in [-0.2, -0.15) is 0 Å². The van der Waals surface area contributed by atoms with Gasteiger partial charge in [-0.05, 0) is 62.1 Å². The van der Waals surface area contributed by atoms with Crippen molar-refractivity contribution in [3.05, 3.63) is 53.2 Å². The molecule has 0 aromatic heterocycles. The first kappa shape index (κ1) is 20.3. The summed E-state index contributed by atoms with van der Waals surface area (Å²) in [4.78, 5) is 4.73. The Balaban J connectivity index is 1.30. The number of anilines is 1. The zero-order chi connectivity index (χ0) is 20.2. The van der Waals surface area contributed by atoms with Crippen LogP contribution < -0.4 is 4.90 Å². The molecule has 2 saturated heterocycles. The molecule has 1 atom stereocenters. The van der Waals surface area contributed by atoms with Gasteiger partial charge in [0.15, 0.2) is 0 Å². The summed E-state index contributed by atoms with van der Waals surface area (Å²) < 4.78 is 20.0. The van der Waals surface area contributed by atoms with Crippen LogP contribution in [0.1, 0.15) is 51.5 Å². The van der Waals surface area contributed by atoms with Gasteiger partial charge in [0.1, 0.15) is 5.83 Å². The second kappa shape index (κ2) is 9.23. The third kappa shape index (κ3) is 4.96. The smallest absolute Gasteiger partial charge is 0.124 e. The standard InChI is InChI=1S/C25H35FN2O/c1-3-29-23-8-9-24(26)25(17-23)27-14-11-21(12-15-27)16-20-4-6-22(7-5-20)28-13-10-19(2)18-28/h4-7,17,19,21H,3,8-16,18H2,1-2H3. The Morgan fingerprint density at radius 2 is 1.72 bits per heavy atom. The molecule has 3 aliphatic rings. The predicted molar refractivity (Wildman–Crippen MR) is 118 cm³/mol. The van der Waals surface area contributed by atoms with Crippen molar-refractivity contribution in [3.63, 3.8) is 0 Å². The number of likely N-dealkylation sites (tertiary alicyclic amines) is 1. The highest BCUT2D eigenvalue weighted by atomic mass is 19.1. The molecule has 29 heavy (non-hydrogen) atoms. The van der Waals surface area contributed by atoms with Gasteiger partial charge in [-0.25, -0.2) is 4.39 Å². The molecule has 4 rings (SSSR count). The van der Waals surface area contributed by atoms with Crippen molar-refractivity contribution in [3.8, 4) is 0 Å². The van der Waals surface area contributed by atoms with Gasteiger partial charge in [0, 0.05) is 50.8 Å². The van der Waals surface area contributed by atoms with Crippen LogP contribution in [-0.2, 0) is 11.2 Å². The molecule has 2 fully saturated rings. The van der Waals surface area contributed by atoms with Gasteiger partial charge < -0.3 is 14.5 Å². The van der Waals surface area contributed by atoms with E-state index in [0.717, 1.165) is 49.7 Å². The molecule has 1 aromatic carbocycles. The van der Waals surface area contributed by atoms with E-state index in [4.69, 9.17) is 4.74 Å². The fourth-order valence-corrected chi connectivity index (χ4v) is 4.95. The summed E-state index contributed by atoms with van der Waals surface area (Å²) in [5, 5.41) is 0. The van der Waals surface area contributed by atoms with E-state index in [0.29, 0.717) is 25.4 Å². The topological polar surface area (TPSA) is 15.7 Å². The first-order valence-electron chi connectivity index (χ1n) is 11.4. The van der Waals surface area contributed by atoms with Crippen LogP contribution in [0.25, 0.3) is 0 Å². The number of halogens is 1. The zero-order valence-electron chi connectivity index (χ0n) is 18.0. The van der Waals surface area contributed by atoms with E-state index in [2.05, 4.69) is 41.0 Å². The monoisotopic (exact) mass is 398 g/mol. The molecule has 0 N–H and O–H groups in total. The van der Waals surface area contributed by atoms with Crippen molar-refractivity contribution in [2.45, 2.75) is 52.4 Å². The molecular weight excluding hydrogens is 363 g/mol. The molecule has 0 saturated carbocycles. The third-order valence-electron chi connectivity index (χ3n) is 6.70. The number of rotatable bonds is 6. The zero-order valence-corrected chi connectivity index (χ0v) is 18.0. The van der Waals surface area contributed by atoms with E-state index in [1.54, 1.807) is 0 Å². The molecule has 2 heterocycles. The minimum atomic E-state index is 0.0266. The van der Waals surface area contributed by atoms with Crippen molar-refractivity contribution < 1.29 is 9.13 Å². The summed E-state index contributed by atoms with van der Waals surface area (Å²) in [6.07, 6.45) is 7.78. The van der Waals surface area contributed by atoms with Crippen molar-refractivity contribution >= 4 is 5.69 Å². The quantitative estimate of drug-likeness (QED) is 0.613. The molecule has 0 bridgehead atoms. The van der Waals surface area contributed by atoms with E-state index in [1.807, 2.05) is 13.0 Å². The van der Waals surface area contributed by atoms with Crippen LogP contribution in [0.3, 0.4) is 0 Å². The lowest BCUT2D eigenvalue weighted by molar-refractivity contribution is 0.199.